The van der Waals surface area contributed by atoms with Crippen molar-refractivity contribution in [3.63, 3.8) is 0 Å². The van der Waals surface area contributed by atoms with Gasteiger partial charge in [-0.25, -0.2) is 0 Å². The van der Waals surface area contributed by atoms with Crippen molar-refractivity contribution in [1.29, 1.82) is 0 Å². The molecule has 2 rings (SSSR count). The molecule has 0 bridgehead atoms. The van der Waals surface area contributed by atoms with Crippen molar-refractivity contribution >= 4 is 11.6 Å². The predicted octanol–water partition coefficient (Wildman–Crippen LogP) is 1.38. The van der Waals surface area contributed by atoms with E-state index in [9.17, 15) is 5.11 Å². The van der Waals surface area contributed by atoms with Crippen LogP contribution in [0.15, 0.2) is 6.20 Å². The second kappa shape index (κ2) is 4.35. The highest BCUT2D eigenvalue weighted by Crippen LogP contribution is 2.36. The third-order valence-corrected chi connectivity index (χ3v) is 3.65. The van der Waals surface area contributed by atoms with Gasteiger partial charge in [0, 0.05) is 13.6 Å². The van der Waals surface area contributed by atoms with Gasteiger partial charge in [0.25, 0.3) is 0 Å². The van der Waals surface area contributed by atoms with E-state index in [-0.39, 0.29) is 0 Å². The molecule has 0 aliphatic carbocycles. The summed E-state index contributed by atoms with van der Waals surface area (Å²) in [4.78, 5) is 2.24. The average molecular weight is 244 g/mol. The third kappa shape index (κ3) is 2.10. The maximum atomic E-state index is 10.7. The summed E-state index contributed by atoms with van der Waals surface area (Å²) >= 11 is 6.10. The zero-order chi connectivity index (χ0) is 11.8. The van der Waals surface area contributed by atoms with Crippen LogP contribution >= 0.6 is 11.6 Å². The van der Waals surface area contributed by atoms with E-state index in [0.717, 1.165) is 31.6 Å². The highest BCUT2D eigenvalue weighted by atomic mass is 35.5. The van der Waals surface area contributed by atoms with E-state index in [1.807, 2.05) is 7.05 Å². The van der Waals surface area contributed by atoms with Crippen LogP contribution in [0.1, 0.15) is 25.0 Å². The van der Waals surface area contributed by atoms with Crippen molar-refractivity contribution in [2.75, 3.05) is 20.1 Å². The Morgan fingerprint density at radius 1 is 1.38 bits per heavy atom. The van der Waals surface area contributed by atoms with Gasteiger partial charge in [0.15, 0.2) is 0 Å². The molecular weight excluding hydrogens is 226 g/mol. The van der Waals surface area contributed by atoms with Crippen LogP contribution in [0.5, 0.6) is 0 Å². The molecule has 5 heteroatoms. The average Bonchev–Trinajstić information content (AvgIpc) is 2.46. The molecule has 1 N–H and O–H groups in total. The Morgan fingerprint density at radius 3 is 2.75 bits per heavy atom. The zero-order valence-corrected chi connectivity index (χ0v) is 10.5. The van der Waals surface area contributed by atoms with Gasteiger partial charge in [-0.3, -0.25) is 4.68 Å². The number of aryl methyl sites for hydroxylation is 1. The summed E-state index contributed by atoms with van der Waals surface area (Å²) in [5, 5.41) is 15.4. The Balaban J connectivity index is 2.30. The number of nitrogens with zero attached hydrogens (tertiary/aromatic N) is 3. The smallest absolute Gasteiger partial charge is 0.109 e. The number of aliphatic hydroxyl groups is 1. The Morgan fingerprint density at radius 2 is 2.12 bits per heavy atom. The summed E-state index contributed by atoms with van der Waals surface area (Å²) in [6, 6.07) is 0. The first-order valence-corrected chi connectivity index (χ1v) is 6.00. The Bertz CT molecular complexity index is 360. The Kier molecular flexibility index (Phi) is 3.24. The normalized spacial score (nSPS) is 28.0. The molecule has 1 saturated heterocycles. The number of rotatable bonds is 1. The monoisotopic (exact) mass is 243 g/mol. The summed E-state index contributed by atoms with van der Waals surface area (Å²) in [5.41, 5.74) is -0.0722. The van der Waals surface area contributed by atoms with Gasteiger partial charge in [-0.1, -0.05) is 11.6 Å². The summed E-state index contributed by atoms with van der Waals surface area (Å²) in [6.45, 7) is 1.91. The van der Waals surface area contributed by atoms with Crippen LogP contribution < -0.4 is 0 Å². The van der Waals surface area contributed by atoms with E-state index in [1.165, 1.54) is 0 Å². The third-order valence-electron chi connectivity index (χ3n) is 3.37. The molecule has 0 aromatic carbocycles. The molecule has 1 aliphatic rings. The molecule has 16 heavy (non-hydrogen) atoms. The van der Waals surface area contributed by atoms with E-state index in [1.54, 1.807) is 10.9 Å². The zero-order valence-electron chi connectivity index (χ0n) is 9.78. The topological polar surface area (TPSA) is 41.3 Å². The van der Waals surface area contributed by atoms with Crippen LogP contribution in [0.4, 0.5) is 0 Å². The van der Waals surface area contributed by atoms with E-state index in [0.29, 0.717) is 11.4 Å². The number of hydrogen-bond acceptors (Lipinski definition) is 3. The fraction of sp³-hybridized carbons (Fsp3) is 0.727. The molecule has 4 nitrogen and oxygen atoms in total. The van der Waals surface area contributed by atoms with Crippen LogP contribution in [-0.4, -0.2) is 39.9 Å². The van der Waals surface area contributed by atoms with Gasteiger partial charge >= 0.3 is 0 Å². The van der Waals surface area contributed by atoms with Crippen molar-refractivity contribution in [2.24, 2.45) is 7.05 Å². The first kappa shape index (κ1) is 11.9. The number of aromatic nitrogens is 2. The van der Waals surface area contributed by atoms with Crippen LogP contribution in [0.2, 0.25) is 5.02 Å². The molecule has 1 aliphatic heterocycles. The molecule has 1 aromatic rings. The molecule has 1 aromatic heterocycles. The molecule has 0 radical (unpaired) electrons. The van der Waals surface area contributed by atoms with Crippen molar-refractivity contribution in [1.82, 2.24) is 14.7 Å². The van der Waals surface area contributed by atoms with Crippen LogP contribution in [0.25, 0.3) is 0 Å². The largest absolute Gasteiger partial charge is 0.383 e. The fourth-order valence-electron chi connectivity index (χ4n) is 2.43. The Hall–Kier alpha value is -0.580. The summed E-state index contributed by atoms with van der Waals surface area (Å²) < 4.78 is 1.69. The fourth-order valence-corrected chi connectivity index (χ4v) is 2.77. The second-order valence-corrected chi connectivity index (χ2v) is 5.06. The lowest BCUT2D eigenvalue weighted by Crippen LogP contribution is -2.30. The molecule has 0 spiro atoms. The molecule has 1 fully saturated rings. The van der Waals surface area contributed by atoms with Crippen molar-refractivity contribution in [3.8, 4) is 0 Å². The lowest BCUT2D eigenvalue weighted by molar-refractivity contribution is 0.0140. The van der Waals surface area contributed by atoms with Crippen molar-refractivity contribution < 1.29 is 5.11 Å². The standard InChI is InChI=1S/C11H18ClN3O/c1-14-6-3-4-11(16,5-7-14)10-9(12)8-13-15(10)2/h8,16H,3-7H2,1-2H3. The summed E-state index contributed by atoms with van der Waals surface area (Å²) in [6.07, 6.45) is 4.04. The second-order valence-electron chi connectivity index (χ2n) is 4.65. The lowest BCUT2D eigenvalue weighted by atomic mass is 9.91. The minimum absolute atomic E-state index is 0.564. The van der Waals surface area contributed by atoms with Gasteiger partial charge in [-0.2, -0.15) is 5.10 Å². The molecule has 0 amide bonds. The molecule has 2 heterocycles. The molecule has 90 valence electrons. The molecule has 1 unspecified atom stereocenters. The lowest BCUT2D eigenvalue weighted by Gasteiger charge is -2.27. The number of hydrogen-bond donors (Lipinski definition) is 1. The van der Waals surface area contributed by atoms with E-state index < -0.39 is 5.60 Å². The predicted molar refractivity (Wildman–Crippen MR) is 63.5 cm³/mol. The Labute approximate surface area is 101 Å². The summed E-state index contributed by atoms with van der Waals surface area (Å²) in [7, 11) is 3.91. The molecule has 1 atom stereocenters. The highest BCUT2D eigenvalue weighted by molar-refractivity contribution is 6.31. The quantitative estimate of drug-likeness (QED) is 0.810. The minimum atomic E-state index is -0.826. The first-order valence-electron chi connectivity index (χ1n) is 5.62. The SMILES string of the molecule is CN1CCCC(O)(c2c(Cl)cnn2C)CC1. The van der Waals surface area contributed by atoms with Gasteiger partial charge < -0.3 is 10.0 Å². The van der Waals surface area contributed by atoms with Crippen molar-refractivity contribution in [3.05, 3.63) is 16.9 Å². The van der Waals surface area contributed by atoms with Crippen LogP contribution in [0.3, 0.4) is 0 Å². The van der Waals surface area contributed by atoms with Gasteiger partial charge in [0.1, 0.15) is 5.60 Å². The van der Waals surface area contributed by atoms with Gasteiger partial charge in [0.05, 0.1) is 16.9 Å². The first-order chi connectivity index (χ1) is 7.53. The maximum absolute atomic E-state index is 10.7. The van der Waals surface area contributed by atoms with E-state index >= 15 is 0 Å². The van der Waals surface area contributed by atoms with E-state index in [2.05, 4.69) is 17.0 Å². The van der Waals surface area contributed by atoms with Crippen LogP contribution in [0, 0.1) is 0 Å². The van der Waals surface area contributed by atoms with Crippen molar-refractivity contribution in [2.45, 2.75) is 24.9 Å². The maximum Gasteiger partial charge on any atom is 0.109 e. The van der Waals surface area contributed by atoms with Gasteiger partial charge in [0.2, 0.25) is 0 Å². The highest BCUT2D eigenvalue weighted by Gasteiger charge is 2.35. The van der Waals surface area contributed by atoms with Gasteiger partial charge in [-0.15, -0.1) is 0 Å². The van der Waals surface area contributed by atoms with Crippen LogP contribution in [-0.2, 0) is 12.6 Å². The molecule has 0 saturated carbocycles. The summed E-state index contributed by atoms with van der Waals surface area (Å²) in [5.74, 6) is 0. The van der Waals surface area contributed by atoms with E-state index in [4.69, 9.17) is 11.6 Å². The number of halogens is 1. The van der Waals surface area contributed by atoms with Gasteiger partial charge in [-0.05, 0) is 32.9 Å². The number of likely N-dealkylation sites (tertiary alicyclic amines) is 1. The molecular formula is C11H18ClN3O. The minimum Gasteiger partial charge on any atom is -0.383 e.